The summed E-state index contributed by atoms with van der Waals surface area (Å²) in [6.45, 7) is 4.13. The number of hydrogen-bond acceptors (Lipinski definition) is 2. The fourth-order valence-corrected chi connectivity index (χ4v) is 1.45. The van der Waals surface area contributed by atoms with Crippen molar-refractivity contribution in [1.29, 1.82) is 0 Å². The van der Waals surface area contributed by atoms with Gasteiger partial charge in [-0.05, 0) is 17.7 Å². The summed E-state index contributed by atoms with van der Waals surface area (Å²) in [7, 11) is 0. The first kappa shape index (κ1) is 11.8. The van der Waals surface area contributed by atoms with Gasteiger partial charge in [0.05, 0.1) is 0 Å². The third kappa shape index (κ3) is 4.65. The van der Waals surface area contributed by atoms with Gasteiger partial charge in [-0.15, -0.1) is 0 Å². The van der Waals surface area contributed by atoms with E-state index in [9.17, 15) is 4.79 Å². The molecule has 0 aromatic heterocycles. The van der Waals surface area contributed by atoms with Crippen LogP contribution in [0.15, 0.2) is 41.4 Å². The minimum atomic E-state index is -0.435. The molecule has 0 aliphatic heterocycles. The zero-order chi connectivity index (χ0) is 11.1. The third-order valence-corrected chi connectivity index (χ3v) is 2.15. The zero-order valence-corrected chi connectivity index (χ0v) is 9.79. The molecule has 0 unspecified atom stereocenters. The number of hydrogen-bond donors (Lipinski definition) is 1. The molecule has 15 heavy (non-hydrogen) atoms. The molecule has 0 spiro atoms. The Kier molecular flexibility index (Phi) is 4.90. The Morgan fingerprint density at radius 3 is 3.07 bits per heavy atom. The lowest BCUT2D eigenvalue weighted by Crippen LogP contribution is -2.23. The van der Waals surface area contributed by atoms with E-state index in [1.807, 2.05) is 24.3 Å². The lowest BCUT2D eigenvalue weighted by Gasteiger charge is -2.05. The van der Waals surface area contributed by atoms with Gasteiger partial charge in [-0.1, -0.05) is 40.7 Å². The fraction of sp³-hybridized carbons (Fsp3) is 0.182. The lowest BCUT2D eigenvalue weighted by molar-refractivity contribution is 0.158. The van der Waals surface area contributed by atoms with E-state index in [4.69, 9.17) is 4.74 Å². The van der Waals surface area contributed by atoms with Crippen LogP contribution in [0.5, 0.6) is 0 Å². The molecule has 0 saturated heterocycles. The second-order valence-electron chi connectivity index (χ2n) is 2.87. The van der Waals surface area contributed by atoms with Crippen molar-refractivity contribution in [1.82, 2.24) is 5.32 Å². The molecular weight excluding hydrogens is 258 g/mol. The van der Waals surface area contributed by atoms with Gasteiger partial charge in [-0.25, -0.2) is 4.79 Å². The molecule has 3 nitrogen and oxygen atoms in total. The third-order valence-electron chi connectivity index (χ3n) is 1.66. The lowest BCUT2D eigenvalue weighted by atomic mass is 10.2. The Balaban J connectivity index is 2.36. The molecule has 1 N–H and O–H groups in total. The van der Waals surface area contributed by atoms with E-state index in [0.717, 1.165) is 10.0 Å². The summed E-state index contributed by atoms with van der Waals surface area (Å²) in [4.78, 5) is 11.1. The van der Waals surface area contributed by atoms with Crippen molar-refractivity contribution in [3.63, 3.8) is 0 Å². The van der Waals surface area contributed by atoms with E-state index in [-0.39, 0.29) is 6.61 Å². The van der Waals surface area contributed by atoms with Crippen LogP contribution in [-0.2, 0) is 11.3 Å². The maximum atomic E-state index is 11.1. The summed E-state index contributed by atoms with van der Waals surface area (Å²) >= 11 is 3.35. The largest absolute Gasteiger partial charge is 0.445 e. The predicted molar refractivity (Wildman–Crippen MR) is 62.5 cm³/mol. The van der Waals surface area contributed by atoms with E-state index in [0.29, 0.717) is 6.54 Å². The topological polar surface area (TPSA) is 38.3 Å². The van der Waals surface area contributed by atoms with E-state index >= 15 is 0 Å². The molecule has 1 rings (SSSR count). The zero-order valence-electron chi connectivity index (χ0n) is 8.20. The highest BCUT2D eigenvalue weighted by molar-refractivity contribution is 9.10. The van der Waals surface area contributed by atoms with Crippen LogP contribution in [0.2, 0.25) is 0 Å². The molecule has 0 saturated carbocycles. The van der Waals surface area contributed by atoms with E-state index in [1.54, 1.807) is 0 Å². The normalized spacial score (nSPS) is 9.40. The van der Waals surface area contributed by atoms with Gasteiger partial charge in [0.1, 0.15) is 6.61 Å². The molecule has 1 amide bonds. The van der Waals surface area contributed by atoms with Crippen molar-refractivity contribution >= 4 is 22.0 Å². The summed E-state index contributed by atoms with van der Waals surface area (Å²) < 4.78 is 5.75. The number of nitrogens with one attached hydrogen (secondary N) is 1. The maximum Gasteiger partial charge on any atom is 0.407 e. The van der Waals surface area contributed by atoms with Crippen LogP contribution < -0.4 is 5.32 Å². The number of carbonyl (C=O) groups is 1. The van der Waals surface area contributed by atoms with E-state index < -0.39 is 6.09 Å². The number of alkyl carbamates (subject to hydrolysis) is 1. The van der Waals surface area contributed by atoms with Gasteiger partial charge in [0.25, 0.3) is 0 Å². The fourth-order valence-electron chi connectivity index (χ4n) is 1.01. The number of halogens is 1. The van der Waals surface area contributed by atoms with Gasteiger partial charge < -0.3 is 10.1 Å². The Bertz CT molecular complexity index is 352. The van der Waals surface area contributed by atoms with Crippen LogP contribution in [0, 0.1) is 0 Å². The van der Waals surface area contributed by atoms with Gasteiger partial charge in [0, 0.05) is 11.0 Å². The second kappa shape index (κ2) is 6.24. The average molecular weight is 270 g/mol. The van der Waals surface area contributed by atoms with Crippen molar-refractivity contribution in [2.75, 3.05) is 6.61 Å². The second-order valence-corrected chi connectivity index (χ2v) is 3.79. The summed E-state index contributed by atoms with van der Waals surface area (Å²) in [5.74, 6) is 0. The molecule has 0 fully saturated rings. The van der Waals surface area contributed by atoms with Crippen LogP contribution >= 0.6 is 15.9 Å². The highest BCUT2D eigenvalue weighted by atomic mass is 79.9. The first-order valence-electron chi connectivity index (χ1n) is 4.48. The van der Waals surface area contributed by atoms with Crippen molar-refractivity contribution in [3.05, 3.63) is 47.0 Å². The Morgan fingerprint density at radius 1 is 1.60 bits per heavy atom. The molecule has 1 aromatic carbocycles. The summed E-state index contributed by atoms with van der Waals surface area (Å²) in [5.41, 5.74) is 1.01. The van der Waals surface area contributed by atoms with Crippen LogP contribution in [0.25, 0.3) is 0 Å². The van der Waals surface area contributed by atoms with Crippen molar-refractivity contribution in [3.8, 4) is 0 Å². The predicted octanol–water partition coefficient (Wildman–Crippen LogP) is 2.86. The number of rotatable bonds is 4. The summed E-state index contributed by atoms with van der Waals surface area (Å²) in [6, 6.07) is 7.71. The smallest absolute Gasteiger partial charge is 0.407 e. The molecule has 0 aliphatic carbocycles. The monoisotopic (exact) mass is 269 g/mol. The molecule has 0 heterocycles. The van der Waals surface area contributed by atoms with Gasteiger partial charge in [0.2, 0.25) is 0 Å². The van der Waals surface area contributed by atoms with Crippen LogP contribution in [-0.4, -0.2) is 12.7 Å². The van der Waals surface area contributed by atoms with Crippen molar-refractivity contribution in [2.45, 2.75) is 6.54 Å². The average Bonchev–Trinajstić information content (AvgIpc) is 2.23. The first-order valence-corrected chi connectivity index (χ1v) is 5.27. The van der Waals surface area contributed by atoms with E-state index in [2.05, 4.69) is 27.8 Å². The van der Waals surface area contributed by atoms with Crippen molar-refractivity contribution in [2.24, 2.45) is 0 Å². The molecule has 0 radical (unpaired) electrons. The Labute approximate surface area is 97.3 Å². The minimum absolute atomic E-state index is 0.227. The Hall–Kier alpha value is -1.29. The first-order chi connectivity index (χ1) is 7.22. The molecule has 0 aliphatic rings. The Morgan fingerprint density at radius 2 is 2.40 bits per heavy atom. The highest BCUT2D eigenvalue weighted by Gasteiger charge is 2.00. The molecular formula is C11H12BrNO2. The van der Waals surface area contributed by atoms with Crippen LogP contribution in [0.3, 0.4) is 0 Å². The van der Waals surface area contributed by atoms with Crippen LogP contribution in [0.4, 0.5) is 4.79 Å². The minimum Gasteiger partial charge on any atom is -0.445 e. The van der Waals surface area contributed by atoms with E-state index in [1.165, 1.54) is 6.08 Å². The molecule has 80 valence electrons. The molecule has 0 atom stereocenters. The van der Waals surface area contributed by atoms with Gasteiger partial charge >= 0.3 is 6.09 Å². The molecule has 0 bridgehead atoms. The van der Waals surface area contributed by atoms with Gasteiger partial charge in [-0.2, -0.15) is 0 Å². The number of ether oxygens (including phenoxy) is 1. The van der Waals surface area contributed by atoms with Crippen LogP contribution in [0.1, 0.15) is 5.56 Å². The number of amides is 1. The summed E-state index contributed by atoms with van der Waals surface area (Å²) in [5, 5.41) is 2.63. The molecule has 1 aromatic rings. The summed E-state index contributed by atoms with van der Waals surface area (Å²) in [6.07, 6.45) is 1.09. The number of benzene rings is 1. The highest BCUT2D eigenvalue weighted by Crippen LogP contribution is 2.11. The number of carbonyl (C=O) groups excluding carboxylic acids is 1. The van der Waals surface area contributed by atoms with Gasteiger partial charge in [-0.3, -0.25) is 0 Å². The molecule has 4 heteroatoms. The van der Waals surface area contributed by atoms with Crippen molar-refractivity contribution < 1.29 is 9.53 Å². The van der Waals surface area contributed by atoms with Gasteiger partial charge in [0.15, 0.2) is 0 Å². The SMILES string of the molecule is C=CCOC(=O)NCc1cccc(Br)c1. The maximum absolute atomic E-state index is 11.1. The quantitative estimate of drug-likeness (QED) is 0.854. The standard InChI is InChI=1S/C11H12BrNO2/c1-2-6-15-11(14)13-8-9-4-3-5-10(12)7-9/h2-5,7H,1,6,8H2,(H,13,14).